The highest BCUT2D eigenvalue weighted by Gasteiger charge is 2.26. The van der Waals surface area contributed by atoms with Crippen molar-refractivity contribution in [2.45, 2.75) is 0 Å². The molecule has 5 heteroatoms. The molecule has 0 unspecified atom stereocenters. The van der Waals surface area contributed by atoms with Crippen molar-refractivity contribution < 1.29 is 4.42 Å². The third-order valence-corrected chi connectivity index (χ3v) is 9.21. The van der Waals surface area contributed by atoms with Gasteiger partial charge in [-0.1, -0.05) is 133 Å². The second-order valence-electron chi connectivity index (χ2n) is 12.0. The largest absolute Gasteiger partial charge is 0.455 e. The SMILES string of the molecule is c1ccc(-c2nc(-c3ccccc3)nc(-c3cc4c5ccccc5oc4c4c5ccc6ccccc6c5n(-c5ccccc5)c34)n2)cc1. The van der Waals surface area contributed by atoms with Crippen LogP contribution in [0.3, 0.4) is 0 Å². The van der Waals surface area contributed by atoms with Gasteiger partial charge in [0.2, 0.25) is 0 Å². The van der Waals surface area contributed by atoms with Crippen LogP contribution in [0.1, 0.15) is 0 Å². The number of benzene rings is 7. The van der Waals surface area contributed by atoms with Gasteiger partial charge >= 0.3 is 0 Å². The fraction of sp³-hybridized carbons (Fsp3) is 0. The molecule has 0 aliphatic heterocycles. The van der Waals surface area contributed by atoms with Gasteiger partial charge in [0.15, 0.2) is 17.5 Å². The molecule has 7 aromatic carbocycles. The van der Waals surface area contributed by atoms with Gasteiger partial charge in [-0.2, -0.15) is 0 Å². The molecule has 0 aliphatic rings. The fourth-order valence-corrected chi connectivity index (χ4v) is 7.08. The van der Waals surface area contributed by atoms with Gasteiger partial charge in [0.1, 0.15) is 11.2 Å². The van der Waals surface area contributed by atoms with Crippen LogP contribution in [0.2, 0.25) is 0 Å². The van der Waals surface area contributed by atoms with Crippen molar-refractivity contribution in [3.05, 3.63) is 158 Å². The average Bonchev–Trinajstić information content (AvgIpc) is 3.72. The van der Waals surface area contributed by atoms with Crippen molar-refractivity contribution in [1.29, 1.82) is 0 Å². The van der Waals surface area contributed by atoms with Crippen molar-refractivity contribution in [2.24, 2.45) is 0 Å². The summed E-state index contributed by atoms with van der Waals surface area (Å²) in [5.74, 6) is 1.85. The van der Waals surface area contributed by atoms with Crippen molar-refractivity contribution >= 4 is 54.5 Å². The lowest BCUT2D eigenvalue weighted by atomic mass is 10.0. The number of rotatable bonds is 4. The summed E-state index contributed by atoms with van der Waals surface area (Å²) in [5.41, 5.74) is 7.62. The van der Waals surface area contributed by atoms with Crippen LogP contribution in [0, 0.1) is 0 Å². The Morgan fingerprint density at radius 1 is 0.438 bits per heavy atom. The Balaban J connectivity index is 1.44. The first-order valence-electron chi connectivity index (χ1n) is 16.0. The number of aromatic nitrogens is 4. The van der Waals surface area contributed by atoms with Crippen LogP contribution in [0.5, 0.6) is 0 Å². The van der Waals surface area contributed by atoms with E-state index in [4.69, 9.17) is 19.4 Å². The molecule has 48 heavy (non-hydrogen) atoms. The number of fused-ring (bicyclic) bond motifs is 9. The second-order valence-corrected chi connectivity index (χ2v) is 12.0. The number of nitrogens with zero attached hydrogens (tertiary/aromatic N) is 4. The maximum atomic E-state index is 6.75. The van der Waals surface area contributed by atoms with E-state index in [9.17, 15) is 0 Å². The minimum absolute atomic E-state index is 0.601. The van der Waals surface area contributed by atoms with E-state index in [0.717, 1.165) is 71.5 Å². The molecule has 0 amide bonds. The monoisotopic (exact) mass is 614 g/mol. The zero-order chi connectivity index (χ0) is 31.6. The van der Waals surface area contributed by atoms with E-state index in [1.165, 1.54) is 5.39 Å². The van der Waals surface area contributed by atoms with Gasteiger partial charge in [-0.05, 0) is 29.7 Å². The highest BCUT2D eigenvalue weighted by atomic mass is 16.3. The Kier molecular flexibility index (Phi) is 5.81. The molecular formula is C43H26N4O. The second kappa shape index (κ2) is 10.5. The molecule has 0 bridgehead atoms. The summed E-state index contributed by atoms with van der Waals surface area (Å²) >= 11 is 0. The van der Waals surface area contributed by atoms with Crippen molar-refractivity contribution in [3.8, 4) is 39.9 Å². The first kappa shape index (κ1) is 26.6. The zero-order valence-corrected chi connectivity index (χ0v) is 25.7. The molecule has 10 rings (SSSR count). The Bertz CT molecular complexity index is 2760. The van der Waals surface area contributed by atoms with Crippen LogP contribution < -0.4 is 0 Å². The van der Waals surface area contributed by atoms with Gasteiger partial charge in [-0.25, -0.2) is 15.0 Å². The summed E-state index contributed by atoms with van der Waals surface area (Å²) in [5, 5.41) is 6.56. The predicted molar refractivity (Wildman–Crippen MR) is 195 cm³/mol. The zero-order valence-electron chi connectivity index (χ0n) is 25.7. The van der Waals surface area contributed by atoms with Crippen molar-refractivity contribution in [3.63, 3.8) is 0 Å². The molecule has 0 radical (unpaired) electrons. The summed E-state index contributed by atoms with van der Waals surface area (Å²) in [6, 6.07) is 54.3. The van der Waals surface area contributed by atoms with Crippen LogP contribution in [0.15, 0.2) is 162 Å². The summed E-state index contributed by atoms with van der Waals surface area (Å²) in [6.07, 6.45) is 0. The van der Waals surface area contributed by atoms with Gasteiger partial charge in [-0.15, -0.1) is 0 Å². The summed E-state index contributed by atoms with van der Waals surface area (Å²) in [7, 11) is 0. The number of para-hydroxylation sites is 2. The van der Waals surface area contributed by atoms with E-state index in [0.29, 0.717) is 17.5 Å². The molecule has 0 saturated carbocycles. The van der Waals surface area contributed by atoms with Crippen molar-refractivity contribution in [2.75, 3.05) is 0 Å². The predicted octanol–water partition coefficient (Wildman–Crippen LogP) is 11.0. The summed E-state index contributed by atoms with van der Waals surface area (Å²) in [4.78, 5) is 15.4. The smallest absolute Gasteiger partial charge is 0.166 e. The van der Waals surface area contributed by atoms with E-state index in [1.807, 2.05) is 72.8 Å². The van der Waals surface area contributed by atoms with E-state index in [-0.39, 0.29) is 0 Å². The van der Waals surface area contributed by atoms with E-state index in [2.05, 4.69) is 89.5 Å². The van der Waals surface area contributed by atoms with Crippen LogP contribution in [0.4, 0.5) is 0 Å². The standard InChI is InChI=1S/C43H26N4O/c1-4-15-28(16-5-1)41-44-42(29-17-6-2-7-18-29)46-43(45-41)35-26-34-32-22-12-13-23-36(32)48-40(34)37-33-25-24-27-14-10-11-21-31(27)38(33)47(39(35)37)30-19-8-3-9-20-30/h1-26H. The highest BCUT2D eigenvalue weighted by molar-refractivity contribution is 6.30. The fourth-order valence-electron chi connectivity index (χ4n) is 7.08. The van der Waals surface area contributed by atoms with Gasteiger partial charge in [0, 0.05) is 43.9 Å². The minimum atomic E-state index is 0.601. The quantitative estimate of drug-likeness (QED) is 0.198. The lowest BCUT2D eigenvalue weighted by Gasteiger charge is -2.13. The summed E-state index contributed by atoms with van der Waals surface area (Å²) in [6.45, 7) is 0. The molecule has 0 saturated heterocycles. The van der Waals surface area contributed by atoms with Gasteiger partial charge < -0.3 is 8.98 Å². The molecule has 0 spiro atoms. The van der Waals surface area contributed by atoms with Gasteiger partial charge in [0.25, 0.3) is 0 Å². The first-order valence-corrected chi connectivity index (χ1v) is 16.0. The Labute approximate surface area is 275 Å². The molecule has 0 N–H and O–H groups in total. The Morgan fingerprint density at radius 2 is 1.02 bits per heavy atom. The molecular weight excluding hydrogens is 589 g/mol. The first-order chi connectivity index (χ1) is 23.8. The maximum Gasteiger partial charge on any atom is 0.166 e. The van der Waals surface area contributed by atoms with Crippen molar-refractivity contribution in [1.82, 2.24) is 19.5 Å². The number of hydrogen-bond acceptors (Lipinski definition) is 4. The third-order valence-electron chi connectivity index (χ3n) is 9.21. The van der Waals surface area contributed by atoms with Crippen LogP contribution in [-0.2, 0) is 0 Å². The lowest BCUT2D eigenvalue weighted by molar-refractivity contribution is 0.673. The van der Waals surface area contributed by atoms with Crippen LogP contribution >= 0.6 is 0 Å². The maximum absolute atomic E-state index is 6.75. The molecule has 0 aliphatic carbocycles. The molecule has 0 fully saturated rings. The third kappa shape index (κ3) is 4.01. The van der Waals surface area contributed by atoms with Crippen LogP contribution in [-0.4, -0.2) is 19.5 Å². The average molecular weight is 615 g/mol. The molecule has 0 atom stereocenters. The Morgan fingerprint density at radius 3 is 1.73 bits per heavy atom. The molecule has 10 aromatic rings. The molecule has 3 aromatic heterocycles. The van der Waals surface area contributed by atoms with Crippen LogP contribution in [0.25, 0.3) is 94.4 Å². The highest BCUT2D eigenvalue weighted by Crippen LogP contribution is 2.46. The molecule has 3 heterocycles. The number of furan rings is 1. The van der Waals surface area contributed by atoms with E-state index < -0.39 is 0 Å². The van der Waals surface area contributed by atoms with Gasteiger partial charge in [0.05, 0.1) is 16.4 Å². The minimum Gasteiger partial charge on any atom is -0.455 e. The Hall–Kier alpha value is -6.59. The summed E-state index contributed by atoms with van der Waals surface area (Å²) < 4.78 is 9.11. The van der Waals surface area contributed by atoms with E-state index >= 15 is 0 Å². The normalized spacial score (nSPS) is 11.8. The van der Waals surface area contributed by atoms with Gasteiger partial charge in [-0.3, -0.25) is 0 Å². The molecule has 5 nitrogen and oxygen atoms in total. The van der Waals surface area contributed by atoms with E-state index in [1.54, 1.807) is 0 Å². The number of hydrogen-bond donors (Lipinski definition) is 0. The molecule has 224 valence electrons. The topological polar surface area (TPSA) is 56.7 Å². The lowest BCUT2D eigenvalue weighted by Crippen LogP contribution is -2.02.